The average Bonchev–Trinajstić information content (AvgIpc) is 3.59. The highest BCUT2D eigenvalue weighted by Gasteiger charge is 2.35. The van der Waals surface area contributed by atoms with Gasteiger partial charge in [-0.3, -0.25) is 18.7 Å². The Morgan fingerprint density at radius 1 is 1.10 bits per heavy atom. The summed E-state index contributed by atoms with van der Waals surface area (Å²) in [6, 6.07) is 13.1. The quantitative estimate of drug-likeness (QED) is 0.666. The maximum absolute atomic E-state index is 13.4. The molecule has 1 amide bonds. The molecule has 0 radical (unpaired) electrons. The Morgan fingerprint density at radius 3 is 2.45 bits per heavy atom. The Bertz CT molecular complexity index is 1190. The van der Waals surface area contributed by atoms with Crippen LogP contribution in [-0.4, -0.2) is 31.0 Å². The number of amides is 1. The van der Waals surface area contributed by atoms with Gasteiger partial charge in [0.25, 0.3) is 11.5 Å². The highest BCUT2D eigenvalue weighted by molar-refractivity contribution is 5.94. The first-order valence-corrected chi connectivity index (χ1v) is 9.80. The van der Waals surface area contributed by atoms with E-state index >= 15 is 0 Å². The summed E-state index contributed by atoms with van der Waals surface area (Å²) in [7, 11) is 2.99. The van der Waals surface area contributed by atoms with E-state index in [4.69, 9.17) is 0 Å². The lowest BCUT2D eigenvalue weighted by Crippen LogP contribution is -2.40. The molecule has 0 N–H and O–H groups in total. The van der Waals surface area contributed by atoms with E-state index in [1.54, 1.807) is 19.2 Å². The molecular formula is C22H24N4O3. The van der Waals surface area contributed by atoms with Crippen molar-refractivity contribution in [3.63, 3.8) is 0 Å². The number of aromatic nitrogens is 3. The molecule has 0 saturated heterocycles. The Hall–Kier alpha value is -3.22. The average molecular weight is 392 g/mol. The smallest absolute Gasteiger partial charge is 0.330 e. The second-order valence-corrected chi connectivity index (χ2v) is 7.77. The van der Waals surface area contributed by atoms with Crippen LogP contribution in [0.25, 0.3) is 11.0 Å². The van der Waals surface area contributed by atoms with Crippen LogP contribution in [0.5, 0.6) is 0 Å². The molecule has 1 aromatic carbocycles. The zero-order valence-corrected chi connectivity index (χ0v) is 16.8. The number of carbonyl (C=O) groups is 1. The van der Waals surface area contributed by atoms with Gasteiger partial charge in [0.05, 0.1) is 5.39 Å². The number of nitrogens with zero attached hydrogens (tertiary/aromatic N) is 4. The van der Waals surface area contributed by atoms with Crippen molar-refractivity contribution >= 4 is 16.9 Å². The molecule has 1 aliphatic rings. The number of hydrogen-bond acceptors (Lipinski definition) is 4. The summed E-state index contributed by atoms with van der Waals surface area (Å²) in [6.45, 7) is 2.57. The van der Waals surface area contributed by atoms with Gasteiger partial charge < -0.3 is 4.90 Å². The van der Waals surface area contributed by atoms with Crippen molar-refractivity contribution in [3.05, 3.63) is 74.6 Å². The van der Waals surface area contributed by atoms with Gasteiger partial charge in [-0.1, -0.05) is 30.3 Å². The van der Waals surface area contributed by atoms with Crippen LogP contribution in [0.15, 0.2) is 52.1 Å². The summed E-state index contributed by atoms with van der Waals surface area (Å²) in [5.74, 6) is 0.308. The molecule has 1 unspecified atom stereocenters. The standard InChI is InChI=1S/C22H24N4O3/c1-14(16-9-10-16)26(13-15-7-5-4-6-8-15)21(28)18-12-11-17-19(23-18)24(2)22(29)25(3)20(17)27/h4-8,11-12,14,16H,9-10,13H2,1-3H3. The fourth-order valence-corrected chi connectivity index (χ4v) is 3.73. The number of rotatable bonds is 5. The summed E-state index contributed by atoms with van der Waals surface area (Å²) in [5.41, 5.74) is 0.636. The first-order chi connectivity index (χ1) is 13.9. The fourth-order valence-electron chi connectivity index (χ4n) is 3.73. The lowest BCUT2D eigenvalue weighted by Gasteiger charge is -2.29. The Kier molecular flexibility index (Phi) is 4.82. The van der Waals surface area contributed by atoms with Crippen LogP contribution in [0.1, 0.15) is 35.8 Å². The van der Waals surface area contributed by atoms with Gasteiger partial charge in [0.1, 0.15) is 11.3 Å². The van der Waals surface area contributed by atoms with Crippen molar-refractivity contribution < 1.29 is 4.79 Å². The third-order valence-corrected chi connectivity index (χ3v) is 5.77. The minimum atomic E-state index is -0.466. The summed E-state index contributed by atoms with van der Waals surface area (Å²) in [5, 5.41) is 0.316. The van der Waals surface area contributed by atoms with Crippen LogP contribution in [0.3, 0.4) is 0 Å². The normalized spacial score (nSPS) is 14.7. The minimum Gasteiger partial charge on any atom is -0.330 e. The van der Waals surface area contributed by atoms with Crippen molar-refractivity contribution in [2.24, 2.45) is 20.0 Å². The summed E-state index contributed by atoms with van der Waals surface area (Å²) in [6.07, 6.45) is 2.24. The highest BCUT2D eigenvalue weighted by Crippen LogP contribution is 2.36. The molecule has 150 valence electrons. The van der Waals surface area contributed by atoms with Gasteiger partial charge in [-0.25, -0.2) is 9.78 Å². The van der Waals surface area contributed by atoms with Gasteiger partial charge in [0.15, 0.2) is 0 Å². The molecule has 0 bridgehead atoms. The monoisotopic (exact) mass is 392 g/mol. The van der Waals surface area contributed by atoms with Crippen molar-refractivity contribution in [1.82, 2.24) is 19.0 Å². The van der Waals surface area contributed by atoms with Gasteiger partial charge in [-0.15, -0.1) is 0 Å². The SMILES string of the molecule is CC(C1CC1)N(Cc1ccccc1)C(=O)c1ccc2c(=O)n(C)c(=O)n(C)c2n1. The number of carbonyl (C=O) groups excluding carboxylic acids is 1. The van der Waals surface area contributed by atoms with Gasteiger partial charge in [-0.05, 0) is 43.4 Å². The fraction of sp³-hybridized carbons (Fsp3) is 0.364. The molecule has 7 heteroatoms. The third-order valence-electron chi connectivity index (χ3n) is 5.77. The van der Waals surface area contributed by atoms with Crippen LogP contribution in [0, 0.1) is 5.92 Å². The molecule has 29 heavy (non-hydrogen) atoms. The number of hydrogen-bond donors (Lipinski definition) is 0. The number of aryl methyl sites for hydroxylation is 1. The number of pyridine rings is 1. The second-order valence-electron chi connectivity index (χ2n) is 7.77. The van der Waals surface area contributed by atoms with Gasteiger partial charge in [-0.2, -0.15) is 0 Å². The Balaban J connectivity index is 1.76. The number of benzene rings is 1. The van der Waals surface area contributed by atoms with Crippen molar-refractivity contribution in [1.29, 1.82) is 0 Å². The third kappa shape index (κ3) is 3.48. The molecule has 1 saturated carbocycles. The Morgan fingerprint density at radius 2 is 1.79 bits per heavy atom. The van der Waals surface area contributed by atoms with E-state index in [0.717, 1.165) is 23.0 Å². The van der Waals surface area contributed by atoms with Crippen molar-refractivity contribution in [2.75, 3.05) is 0 Å². The van der Waals surface area contributed by atoms with E-state index in [2.05, 4.69) is 11.9 Å². The first kappa shape index (κ1) is 19.1. The molecule has 2 aromatic heterocycles. The molecule has 1 fully saturated rings. The zero-order valence-electron chi connectivity index (χ0n) is 16.8. The summed E-state index contributed by atoms with van der Waals surface area (Å²) in [4.78, 5) is 44.3. The van der Waals surface area contributed by atoms with Gasteiger partial charge in [0.2, 0.25) is 0 Å². The molecule has 2 heterocycles. The lowest BCUT2D eigenvalue weighted by atomic mass is 10.1. The van der Waals surface area contributed by atoms with E-state index in [1.165, 1.54) is 11.6 Å². The molecule has 4 rings (SSSR count). The first-order valence-electron chi connectivity index (χ1n) is 9.80. The predicted octanol–water partition coefficient (Wildman–Crippen LogP) is 2.07. The van der Waals surface area contributed by atoms with Crippen LogP contribution in [0.2, 0.25) is 0 Å². The second kappa shape index (κ2) is 7.31. The molecule has 0 spiro atoms. The molecular weight excluding hydrogens is 368 g/mol. The van der Waals surface area contributed by atoms with Crippen LogP contribution < -0.4 is 11.2 Å². The topological polar surface area (TPSA) is 77.2 Å². The van der Waals surface area contributed by atoms with E-state index in [9.17, 15) is 14.4 Å². The van der Waals surface area contributed by atoms with Crippen LogP contribution >= 0.6 is 0 Å². The zero-order chi connectivity index (χ0) is 20.7. The van der Waals surface area contributed by atoms with Crippen molar-refractivity contribution in [3.8, 4) is 0 Å². The van der Waals surface area contributed by atoms with Crippen LogP contribution in [-0.2, 0) is 20.6 Å². The molecule has 7 nitrogen and oxygen atoms in total. The maximum Gasteiger partial charge on any atom is 0.332 e. The Labute approximate surface area is 168 Å². The molecule has 0 aliphatic heterocycles. The molecule has 1 aliphatic carbocycles. The van der Waals surface area contributed by atoms with Gasteiger partial charge >= 0.3 is 5.69 Å². The van der Waals surface area contributed by atoms with Crippen LogP contribution in [0.4, 0.5) is 0 Å². The van der Waals surface area contributed by atoms with E-state index < -0.39 is 11.2 Å². The van der Waals surface area contributed by atoms with E-state index in [-0.39, 0.29) is 23.3 Å². The minimum absolute atomic E-state index is 0.0904. The van der Waals surface area contributed by atoms with E-state index in [1.807, 2.05) is 35.2 Å². The van der Waals surface area contributed by atoms with E-state index in [0.29, 0.717) is 17.8 Å². The molecule has 1 atom stereocenters. The summed E-state index contributed by atoms with van der Waals surface area (Å²) < 4.78 is 2.35. The van der Waals surface area contributed by atoms with Gasteiger partial charge in [0, 0.05) is 26.7 Å². The largest absolute Gasteiger partial charge is 0.332 e. The number of fused-ring (bicyclic) bond motifs is 1. The predicted molar refractivity (Wildman–Crippen MR) is 111 cm³/mol. The van der Waals surface area contributed by atoms with Crippen molar-refractivity contribution in [2.45, 2.75) is 32.4 Å². The lowest BCUT2D eigenvalue weighted by molar-refractivity contribution is 0.0648. The highest BCUT2D eigenvalue weighted by atomic mass is 16.2. The summed E-state index contributed by atoms with van der Waals surface area (Å²) >= 11 is 0. The maximum atomic E-state index is 13.4. The molecule has 3 aromatic rings.